The van der Waals surface area contributed by atoms with Crippen LogP contribution in [0.5, 0.6) is 5.75 Å². The van der Waals surface area contributed by atoms with Crippen molar-refractivity contribution in [2.24, 2.45) is 5.73 Å². The number of hydrogen-bond acceptors (Lipinski definition) is 5. The van der Waals surface area contributed by atoms with Gasteiger partial charge in [-0.05, 0) is 47.5 Å². The second-order valence-electron chi connectivity index (χ2n) is 5.21. The molecule has 0 saturated heterocycles. The van der Waals surface area contributed by atoms with Gasteiger partial charge in [-0.15, -0.1) is 0 Å². The molecule has 1 aromatic carbocycles. The summed E-state index contributed by atoms with van der Waals surface area (Å²) in [7, 11) is -4.02. The highest BCUT2D eigenvalue weighted by molar-refractivity contribution is 9.10. The van der Waals surface area contributed by atoms with Gasteiger partial charge in [-0.25, -0.2) is 4.98 Å². The van der Waals surface area contributed by atoms with Crippen LogP contribution in [-0.2, 0) is 10.1 Å². The monoisotopic (exact) mass is 450 g/mol. The molecule has 6 nitrogen and oxygen atoms in total. The third-order valence-electron chi connectivity index (χ3n) is 3.08. The molecule has 9 heteroatoms. The maximum Gasteiger partial charge on any atom is 0.294 e. The van der Waals surface area contributed by atoms with Crippen molar-refractivity contribution in [3.63, 3.8) is 0 Å². The van der Waals surface area contributed by atoms with Gasteiger partial charge >= 0.3 is 0 Å². The van der Waals surface area contributed by atoms with E-state index in [4.69, 9.17) is 26.6 Å². The smallest absolute Gasteiger partial charge is 0.294 e. The molecule has 0 aliphatic carbocycles. The molecule has 138 valence electrons. The van der Waals surface area contributed by atoms with E-state index in [0.29, 0.717) is 17.5 Å². The van der Waals surface area contributed by atoms with Crippen molar-refractivity contribution in [1.29, 1.82) is 0 Å². The number of pyridine rings is 1. The van der Waals surface area contributed by atoms with E-state index in [-0.39, 0.29) is 10.9 Å². The van der Waals surface area contributed by atoms with Crippen molar-refractivity contribution in [2.45, 2.75) is 31.2 Å². The van der Waals surface area contributed by atoms with Crippen LogP contribution in [0.4, 0.5) is 0 Å². The van der Waals surface area contributed by atoms with Gasteiger partial charge in [0.25, 0.3) is 10.1 Å². The summed E-state index contributed by atoms with van der Waals surface area (Å²) >= 11 is 9.00. The summed E-state index contributed by atoms with van der Waals surface area (Å²) in [5.74, 6) is 0.671. The van der Waals surface area contributed by atoms with E-state index >= 15 is 0 Å². The Morgan fingerprint density at radius 3 is 2.44 bits per heavy atom. The quantitative estimate of drug-likeness (QED) is 0.528. The highest BCUT2D eigenvalue weighted by Gasteiger charge is 2.07. The van der Waals surface area contributed by atoms with E-state index in [9.17, 15) is 8.42 Å². The Hall–Kier alpha value is -1.19. The van der Waals surface area contributed by atoms with E-state index in [2.05, 4.69) is 20.9 Å². The zero-order chi connectivity index (χ0) is 19.0. The van der Waals surface area contributed by atoms with Crippen LogP contribution in [0.25, 0.3) is 0 Å². The number of halogens is 2. The molecule has 0 aliphatic heterocycles. The van der Waals surface area contributed by atoms with Crippen molar-refractivity contribution >= 4 is 37.6 Å². The van der Waals surface area contributed by atoms with Gasteiger partial charge in [0.15, 0.2) is 0 Å². The predicted octanol–water partition coefficient (Wildman–Crippen LogP) is 3.86. The summed E-state index contributed by atoms with van der Waals surface area (Å²) in [6.45, 7) is 4.35. The van der Waals surface area contributed by atoms with E-state index < -0.39 is 10.1 Å². The van der Waals surface area contributed by atoms with Gasteiger partial charge in [-0.2, -0.15) is 8.42 Å². The van der Waals surface area contributed by atoms with Crippen molar-refractivity contribution in [3.8, 4) is 5.75 Å². The second-order valence-corrected chi connectivity index (χ2v) is 7.84. The van der Waals surface area contributed by atoms with Crippen LogP contribution >= 0.6 is 27.5 Å². The van der Waals surface area contributed by atoms with Crippen LogP contribution in [0.15, 0.2) is 45.9 Å². The molecule has 0 fully saturated rings. The summed E-state index contributed by atoms with van der Waals surface area (Å²) in [5, 5.41) is 0.428. The molecule has 1 atom stereocenters. The Labute approximate surface area is 161 Å². The molecular weight excluding hydrogens is 432 g/mol. The van der Waals surface area contributed by atoms with Gasteiger partial charge in [-0.3, -0.25) is 4.55 Å². The molecule has 0 aliphatic rings. The first-order valence-corrected chi connectivity index (χ1v) is 9.98. The Kier molecular flexibility index (Phi) is 8.81. The fourth-order valence-corrected chi connectivity index (χ4v) is 2.43. The van der Waals surface area contributed by atoms with Crippen LogP contribution in [0, 0.1) is 6.92 Å². The van der Waals surface area contributed by atoms with Gasteiger partial charge in [0.1, 0.15) is 17.5 Å². The number of nitrogens with zero attached hydrogens (tertiary/aromatic N) is 1. The lowest BCUT2D eigenvalue weighted by Gasteiger charge is -2.10. The summed E-state index contributed by atoms with van der Waals surface area (Å²) in [6, 6.07) is 7.82. The number of aromatic nitrogens is 1. The molecule has 0 bridgehead atoms. The minimum absolute atomic E-state index is 0.0597. The first-order chi connectivity index (χ1) is 11.6. The Morgan fingerprint density at radius 2 is 1.96 bits per heavy atom. The summed E-state index contributed by atoms with van der Waals surface area (Å²) in [5.41, 5.74) is 6.66. The molecule has 25 heavy (non-hydrogen) atoms. The maximum absolute atomic E-state index is 10.5. The second kappa shape index (κ2) is 10.1. The third-order valence-corrected chi connectivity index (χ3v) is 5.08. The number of nitrogens with two attached hydrogens (primary N) is 1. The highest BCUT2D eigenvalue weighted by atomic mass is 79.9. The van der Waals surface area contributed by atoms with Gasteiger partial charge in [0.2, 0.25) is 0 Å². The topological polar surface area (TPSA) is 103 Å². The molecule has 0 unspecified atom stereocenters. The van der Waals surface area contributed by atoms with Gasteiger partial charge in [0.05, 0.1) is 15.6 Å². The van der Waals surface area contributed by atoms with Crippen LogP contribution in [0.3, 0.4) is 0 Å². The standard InChI is InChI=1S/C9H12BrClN2O.C7H8O3S/c1-2-6(12)5-14-7-3-8(10)9(11)13-4-7;1-6-2-4-7(5-3-6)11(8,9)10/h3-4,6H,2,5,12H2,1H3;2-5H,1H3,(H,8,9,10)/t6-;/m0./s1. The fourth-order valence-electron chi connectivity index (χ4n) is 1.51. The average molecular weight is 452 g/mol. The number of hydrogen-bond donors (Lipinski definition) is 2. The fraction of sp³-hybridized carbons (Fsp3) is 0.312. The molecule has 2 aromatic rings. The highest BCUT2D eigenvalue weighted by Crippen LogP contribution is 2.24. The van der Waals surface area contributed by atoms with E-state index in [1.165, 1.54) is 12.1 Å². The number of aryl methyl sites for hydroxylation is 1. The number of ether oxygens (including phenoxy) is 1. The summed E-state index contributed by atoms with van der Waals surface area (Å²) in [4.78, 5) is 3.87. The lowest BCUT2D eigenvalue weighted by molar-refractivity contribution is 0.284. The first kappa shape index (κ1) is 21.9. The average Bonchev–Trinajstić information content (AvgIpc) is 2.55. The Balaban J connectivity index is 0.000000257. The van der Waals surface area contributed by atoms with E-state index in [1.54, 1.807) is 24.4 Å². The van der Waals surface area contributed by atoms with Crippen molar-refractivity contribution in [2.75, 3.05) is 6.61 Å². The van der Waals surface area contributed by atoms with E-state index in [0.717, 1.165) is 16.5 Å². The van der Waals surface area contributed by atoms with Crippen molar-refractivity contribution in [1.82, 2.24) is 4.98 Å². The molecule has 0 spiro atoms. The first-order valence-electron chi connectivity index (χ1n) is 7.37. The Morgan fingerprint density at radius 1 is 1.36 bits per heavy atom. The lowest BCUT2D eigenvalue weighted by Crippen LogP contribution is -2.26. The van der Waals surface area contributed by atoms with Crippen LogP contribution in [0.1, 0.15) is 18.9 Å². The zero-order valence-corrected chi connectivity index (χ0v) is 17.0. The van der Waals surface area contributed by atoms with Gasteiger partial charge < -0.3 is 10.5 Å². The zero-order valence-electron chi connectivity index (χ0n) is 13.8. The number of rotatable bonds is 5. The van der Waals surface area contributed by atoms with E-state index in [1.807, 2.05) is 13.8 Å². The van der Waals surface area contributed by atoms with Gasteiger partial charge in [0, 0.05) is 6.04 Å². The summed E-state index contributed by atoms with van der Waals surface area (Å²) < 4.78 is 35.7. The Bertz CT molecular complexity index is 785. The third kappa shape index (κ3) is 8.15. The van der Waals surface area contributed by atoms with Crippen LogP contribution in [-0.4, -0.2) is 30.6 Å². The largest absolute Gasteiger partial charge is 0.490 e. The molecule has 3 N–H and O–H groups in total. The van der Waals surface area contributed by atoms with Crippen LogP contribution < -0.4 is 10.5 Å². The molecular formula is C16H20BrClN2O4S. The minimum Gasteiger partial charge on any atom is -0.490 e. The number of benzene rings is 1. The predicted molar refractivity (Wildman–Crippen MR) is 102 cm³/mol. The molecule has 0 radical (unpaired) electrons. The maximum atomic E-state index is 10.5. The molecule has 0 saturated carbocycles. The SMILES string of the molecule is CC[C@H](N)COc1cnc(Cl)c(Br)c1.Cc1ccc(S(=O)(=O)O)cc1. The molecule has 2 rings (SSSR count). The van der Waals surface area contributed by atoms with Crippen molar-refractivity contribution < 1.29 is 17.7 Å². The molecule has 0 amide bonds. The normalized spacial score (nSPS) is 12.1. The lowest BCUT2D eigenvalue weighted by atomic mass is 10.2. The molecule has 1 heterocycles. The van der Waals surface area contributed by atoms with Crippen LogP contribution in [0.2, 0.25) is 5.15 Å². The van der Waals surface area contributed by atoms with Crippen molar-refractivity contribution in [3.05, 3.63) is 51.7 Å². The minimum atomic E-state index is -4.02. The van der Waals surface area contributed by atoms with Gasteiger partial charge in [-0.1, -0.05) is 36.2 Å². The molecule has 1 aromatic heterocycles. The summed E-state index contributed by atoms with van der Waals surface area (Å²) in [6.07, 6.45) is 2.47.